The molecule has 156 valence electrons. The highest BCUT2D eigenvalue weighted by molar-refractivity contribution is 7.09. The van der Waals surface area contributed by atoms with Crippen LogP contribution in [0.3, 0.4) is 0 Å². The maximum absolute atomic E-state index is 12.6. The minimum absolute atomic E-state index is 0.115. The van der Waals surface area contributed by atoms with Crippen LogP contribution in [0.2, 0.25) is 0 Å². The van der Waals surface area contributed by atoms with Gasteiger partial charge in [0.2, 0.25) is 11.9 Å². The van der Waals surface area contributed by atoms with E-state index in [1.165, 1.54) is 11.3 Å². The van der Waals surface area contributed by atoms with Gasteiger partial charge in [-0.15, -0.1) is 11.3 Å². The largest absolute Gasteiger partial charge is 0.338 e. The molecule has 30 heavy (non-hydrogen) atoms. The Balaban J connectivity index is 1.32. The van der Waals surface area contributed by atoms with Crippen molar-refractivity contribution in [3.63, 3.8) is 0 Å². The van der Waals surface area contributed by atoms with Gasteiger partial charge in [-0.3, -0.25) is 19.3 Å². The number of hydrogen-bond donors (Lipinski definition) is 0. The number of rotatable bonds is 6. The number of carbonyl (C=O) groups excluding carboxylic acids is 4. The van der Waals surface area contributed by atoms with E-state index in [1.54, 1.807) is 23.4 Å². The van der Waals surface area contributed by atoms with Crippen LogP contribution in [0.4, 0.5) is 10.7 Å². The van der Waals surface area contributed by atoms with Gasteiger partial charge in [-0.05, 0) is 17.5 Å². The lowest BCUT2D eigenvalue weighted by Crippen LogP contribution is -2.52. The minimum Gasteiger partial charge on any atom is -0.338 e. The summed E-state index contributed by atoms with van der Waals surface area (Å²) in [7, 11) is 0. The third-order valence-corrected chi connectivity index (χ3v) is 5.99. The molecular weight excluding hydrogens is 408 g/mol. The third-order valence-electron chi connectivity index (χ3n) is 5.06. The quantitative estimate of drug-likeness (QED) is 0.479. The summed E-state index contributed by atoms with van der Waals surface area (Å²) < 4.78 is 0. The molecule has 2 fully saturated rings. The molecule has 0 unspecified atom stereocenters. The van der Waals surface area contributed by atoms with E-state index in [2.05, 4.69) is 9.97 Å². The van der Waals surface area contributed by atoms with Gasteiger partial charge in [0, 0.05) is 56.4 Å². The number of carbonyl (C=O) groups is 4. The van der Waals surface area contributed by atoms with E-state index in [9.17, 15) is 19.2 Å². The summed E-state index contributed by atoms with van der Waals surface area (Å²) in [6.45, 7) is 1.62. The second-order valence-corrected chi connectivity index (χ2v) is 7.91. The van der Waals surface area contributed by atoms with Gasteiger partial charge in [-0.25, -0.2) is 19.7 Å². The first-order valence-electron chi connectivity index (χ1n) is 9.54. The van der Waals surface area contributed by atoms with Gasteiger partial charge < -0.3 is 9.80 Å². The van der Waals surface area contributed by atoms with E-state index in [0.717, 1.165) is 14.7 Å². The van der Waals surface area contributed by atoms with Gasteiger partial charge in [0.25, 0.3) is 0 Å². The fourth-order valence-corrected chi connectivity index (χ4v) is 4.11. The highest BCUT2D eigenvalue weighted by Crippen LogP contribution is 2.16. The number of aromatic nitrogens is 2. The van der Waals surface area contributed by atoms with Crippen molar-refractivity contribution in [3.05, 3.63) is 40.8 Å². The van der Waals surface area contributed by atoms with Crippen LogP contribution >= 0.6 is 11.3 Å². The van der Waals surface area contributed by atoms with Crippen LogP contribution in [0.1, 0.15) is 4.88 Å². The van der Waals surface area contributed by atoms with E-state index in [-0.39, 0.29) is 12.5 Å². The van der Waals surface area contributed by atoms with Gasteiger partial charge in [0.05, 0.1) is 0 Å². The molecule has 0 aliphatic carbocycles. The number of amides is 5. The summed E-state index contributed by atoms with van der Waals surface area (Å²) >= 11 is 1.52. The predicted molar refractivity (Wildman–Crippen MR) is 108 cm³/mol. The Labute approximate surface area is 176 Å². The molecule has 0 N–H and O–H groups in total. The van der Waals surface area contributed by atoms with Crippen LogP contribution in [0, 0.1) is 0 Å². The zero-order chi connectivity index (χ0) is 21.1. The zero-order valence-electron chi connectivity index (χ0n) is 16.1. The molecule has 10 nitrogen and oxygen atoms in total. The lowest BCUT2D eigenvalue weighted by molar-refractivity contribution is -0.145. The average Bonchev–Trinajstić information content (AvgIpc) is 3.37. The zero-order valence-corrected chi connectivity index (χ0v) is 17.0. The first-order valence-corrected chi connectivity index (χ1v) is 10.4. The van der Waals surface area contributed by atoms with E-state index in [0.29, 0.717) is 38.5 Å². The third kappa shape index (κ3) is 4.01. The Morgan fingerprint density at radius 2 is 1.67 bits per heavy atom. The predicted octanol–water partition coefficient (Wildman–Crippen LogP) is 0.220. The smallest absolute Gasteiger partial charge is 0.334 e. The molecule has 2 aliphatic rings. The normalized spacial score (nSPS) is 17.3. The molecule has 0 aromatic carbocycles. The molecule has 2 aromatic rings. The number of imide groups is 2. The van der Waals surface area contributed by atoms with Crippen LogP contribution in [0.25, 0.3) is 0 Å². The summed E-state index contributed by atoms with van der Waals surface area (Å²) in [6.07, 6.45) is 3.80. The molecule has 0 atom stereocenters. The van der Waals surface area contributed by atoms with Crippen molar-refractivity contribution in [1.29, 1.82) is 0 Å². The summed E-state index contributed by atoms with van der Waals surface area (Å²) in [5, 5.41) is 1.91. The van der Waals surface area contributed by atoms with Gasteiger partial charge >= 0.3 is 17.8 Å². The lowest BCUT2D eigenvalue weighted by atomic mass is 10.3. The molecule has 2 aliphatic heterocycles. The van der Waals surface area contributed by atoms with Crippen molar-refractivity contribution in [1.82, 2.24) is 24.7 Å². The summed E-state index contributed by atoms with van der Waals surface area (Å²) in [5.41, 5.74) is 0. The van der Waals surface area contributed by atoms with Crippen molar-refractivity contribution >= 4 is 41.0 Å². The molecule has 11 heteroatoms. The number of anilines is 1. The van der Waals surface area contributed by atoms with Crippen LogP contribution in [0.15, 0.2) is 36.0 Å². The topological polar surface area (TPSA) is 107 Å². The average molecular weight is 428 g/mol. The number of hydrogen-bond acceptors (Lipinski definition) is 8. The summed E-state index contributed by atoms with van der Waals surface area (Å²) in [6, 6.07) is 4.79. The molecule has 0 radical (unpaired) electrons. The monoisotopic (exact) mass is 428 g/mol. The first kappa shape index (κ1) is 20.0. The highest BCUT2D eigenvalue weighted by atomic mass is 32.1. The van der Waals surface area contributed by atoms with E-state index in [1.807, 2.05) is 22.4 Å². The Morgan fingerprint density at radius 1 is 0.967 bits per heavy atom. The van der Waals surface area contributed by atoms with Gasteiger partial charge in [0.1, 0.15) is 6.54 Å². The molecule has 0 bridgehead atoms. The van der Waals surface area contributed by atoms with Crippen molar-refractivity contribution in [2.24, 2.45) is 0 Å². The van der Waals surface area contributed by atoms with Crippen molar-refractivity contribution in [2.45, 2.75) is 6.42 Å². The summed E-state index contributed by atoms with van der Waals surface area (Å²) in [4.78, 5) is 64.3. The Bertz CT molecular complexity index is 943. The SMILES string of the molecule is O=C(CN1C(=O)C(=O)N(CCc2cccs2)C1=O)N1CCN(c2ncccn2)CC1. The molecule has 0 saturated carbocycles. The van der Waals surface area contributed by atoms with Crippen molar-refractivity contribution in [2.75, 3.05) is 44.2 Å². The minimum atomic E-state index is -0.948. The Hall–Kier alpha value is -3.34. The molecular formula is C19H20N6O4S. The fraction of sp³-hybridized carbons (Fsp3) is 0.368. The maximum atomic E-state index is 12.6. The van der Waals surface area contributed by atoms with Crippen molar-refractivity contribution < 1.29 is 19.2 Å². The second-order valence-electron chi connectivity index (χ2n) is 6.88. The molecule has 2 saturated heterocycles. The number of nitrogens with zero attached hydrogens (tertiary/aromatic N) is 6. The van der Waals surface area contributed by atoms with E-state index in [4.69, 9.17) is 0 Å². The molecule has 5 amide bonds. The highest BCUT2D eigenvalue weighted by Gasteiger charge is 2.45. The molecule has 4 heterocycles. The second kappa shape index (κ2) is 8.57. The van der Waals surface area contributed by atoms with Crippen LogP contribution in [-0.2, 0) is 20.8 Å². The van der Waals surface area contributed by atoms with Gasteiger partial charge in [0.15, 0.2) is 0 Å². The van der Waals surface area contributed by atoms with Crippen LogP contribution in [0.5, 0.6) is 0 Å². The Morgan fingerprint density at radius 3 is 2.33 bits per heavy atom. The molecule has 2 aromatic heterocycles. The van der Waals surface area contributed by atoms with Crippen molar-refractivity contribution in [3.8, 4) is 0 Å². The van der Waals surface area contributed by atoms with Gasteiger partial charge in [-0.2, -0.15) is 0 Å². The first-order chi connectivity index (χ1) is 14.5. The Kier molecular flexibility index (Phi) is 5.70. The van der Waals surface area contributed by atoms with Crippen LogP contribution in [-0.4, -0.2) is 87.7 Å². The fourth-order valence-electron chi connectivity index (χ4n) is 3.41. The maximum Gasteiger partial charge on any atom is 0.334 e. The molecule has 0 spiro atoms. The standard InChI is InChI=1S/C19H20N6O4S/c26-15(22-8-10-23(11-9-22)18-20-5-2-6-21-18)13-25-17(28)16(27)24(19(25)29)7-4-14-3-1-12-30-14/h1-3,5-6,12H,4,7-11,13H2. The van der Waals surface area contributed by atoms with E-state index >= 15 is 0 Å². The summed E-state index contributed by atoms with van der Waals surface area (Å²) in [5.74, 6) is -1.59. The lowest BCUT2D eigenvalue weighted by Gasteiger charge is -2.35. The molecule has 4 rings (SSSR count). The van der Waals surface area contributed by atoms with Gasteiger partial charge in [-0.1, -0.05) is 6.07 Å². The number of piperazine rings is 1. The number of urea groups is 1. The number of thiophene rings is 1. The van der Waals surface area contributed by atoms with Crippen LogP contribution < -0.4 is 4.90 Å². The van der Waals surface area contributed by atoms with E-state index < -0.39 is 24.4 Å².